The molecule has 0 unspecified atom stereocenters. The van der Waals surface area contributed by atoms with Crippen LogP contribution in [0.3, 0.4) is 0 Å². The number of nitrogens with zero attached hydrogens (tertiary/aromatic N) is 2. The lowest BCUT2D eigenvalue weighted by Gasteiger charge is -2.18. The molecule has 0 aliphatic heterocycles. The molecule has 28 heavy (non-hydrogen) atoms. The fourth-order valence-electron chi connectivity index (χ4n) is 3.76. The van der Waals surface area contributed by atoms with Crippen LogP contribution in [0.25, 0.3) is 11.1 Å². The molecule has 3 aromatic rings. The highest BCUT2D eigenvalue weighted by atomic mass is 16.4. The van der Waals surface area contributed by atoms with Crippen LogP contribution < -0.4 is 16.4 Å². The summed E-state index contributed by atoms with van der Waals surface area (Å²) in [6.07, 6.45) is 12.0. The minimum absolute atomic E-state index is 0.431. The van der Waals surface area contributed by atoms with Crippen LogP contribution in [-0.4, -0.2) is 21.0 Å². The number of benzene rings is 1. The number of aromatic amines is 1. The Bertz CT molecular complexity index is 984. The van der Waals surface area contributed by atoms with Crippen LogP contribution in [0.15, 0.2) is 33.6 Å². The molecule has 1 fully saturated rings. The Balaban J connectivity index is 1.49. The molecule has 1 saturated carbocycles. The second-order valence-electron chi connectivity index (χ2n) is 7.62. The number of oxazole rings is 1. The number of hydrogen-bond acceptors (Lipinski definition) is 6. The van der Waals surface area contributed by atoms with Crippen molar-refractivity contribution in [2.24, 2.45) is 0 Å². The van der Waals surface area contributed by atoms with Crippen molar-refractivity contribution in [3.05, 3.63) is 40.5 Å². The lowest BCUT2D eigenvalue weighted by Crippen LogP contribution is -2.21. The van der Waals surface area contributed by atoms with Crippen molar-refractivity contribution >= 4 is 28.6 Å². The highest BCUT2D eigenvalue weighted by Crippen LogP contribution is 2.24. The zero-order valence-corrected chi connectivity index (χ0v) is 16.3. The van der Waals surface area contributed by atoms with E-state index in [2.05, 4.69) is 20.6 Å². The third-order valence-corrected chi connectivity index (χ3v) is 5.34. The van der Waals surface area contributed by atoms with Crippen LogP contribution in [0.1, 0.15) is 56.9 Å². The van der Waals surface area contributed by atoms with Gasteiger partial charge in [-0.05, 0) is 38.0 Å². The van der Waals surface area contributed by atoms with Crippen molar-refractivity contribution in [2.75, 3.05) is 10.6 Å². The summed E-state index contributed by atoms with van der Waals surface area (Å²) in [5, 5.41) is 6.87. The summed E-state index contributed by atoms with van der Waals surface area (Å²) in [5.74, 6) is 0.966. The molecular weight excluding hydrogens is 354 g/mol. The van der Waals surface area contributed by atoms with Gasteiger partial charge < -0.3 is 15.1 Å². The lowest BCUT2D eigenvalue weighted by atomic mass is 10.1. The van der Waals surface area contributed by atoms with Gasteiger partial charge in [-0.1, -0.05) is 38.5 Å². The first-order chi connectivity index (χ1) is 13.7. The zero-order chi connectivity index (χ0) is 19.3. The predicted molar refractivity (Wildman–Crippen MR) is 111 cm³/mol. The van der Waals surface area contributed by atoms with Gasteiger partial charge >= 0.3 is 5.76 Å². The van der Waals surface area contributed by atoms with Crippen LogP contribution in [0, 0.1) is 6.92 Å². The van der Waals surface area contributed by atoms with Crippen LogP contribution >= 0.6 is 0 Å². The number of anilines is 3. The van der Waals surface area contributed by atoms with Crippen molar-refractivity contribution < 1.29 is 4.42 Å². The maximum absolute atomic E-state index is 11.3. The normalized spacial score (nSPS) is 16.3. The van der Waals surface area contributed by atoms with E-state index in [4.69, 9.17) is 9.40 Å². The molecule has 1 aliphatic carbocycles. The summed E-state index contributed by atoms with van der Waals surface area (Å²) >= 11 is 0. The molecule has 0 saturated heterocycles. The number of rotatable bonds is 4. The Kier molecular flexibility index (Phi) is 5.60. The van der Waals surface area contributed by atoms with Gasteiger partial charge in [0, 0.05) is 23.5 Å². The second-order valence-corrected chi connectivity index (χ2v) is 7.62. The van der Waals surface area contributed by atoms with Crippen molar-refractivity contribution in [1.29, 1.82) is 0 Å². The molecule has 0 atom stereocenters. The maximum atomic E-state index is 11.3. The van der Waals surface area contributed by atoms with E-state index >= 15 is 0 Å². The summed E-state index contributed by atoms with van der Waals surface area (Å²) in [6, 6.07) is 5.91. The van der Waals surface area contributed by atoms with Crippen molar-refractivity contribution in [1.82, 2.24) is 15.0 Å². The summed E-state index contributed by atoms with van der Waals surface area (Å²) < 4.78 is 5.05. The number of aryl methyl sites for hydroxylation is 1. The van der Waals surface area contributed by atoms with Crippen LogP contribution in [0.5, 0.6) is 0 Å². The molecule has 2 heterocycles. The average Bonchev–Trinajstić information content (AvgIpc) is 3.10. The molecule has 148 valence electrons. The molecule has 7 heteroatoms. The Morgan fingerprint density at radius 3 is 2.64 bits per heavy atom. The van der Waals surface area contributed by atoms with E-state index in [0.29, 0.717) is 23.1 Å². The van der Waals surface area contributed by atoms with E-state index in [0.717, 1.165) is 17.1 Å². The monoisotopic (exact) mass is 381 g/mol. The van der Waals surface area contributed by atoms with Gasteiger partial charge in [0.25, 0.3) is 0 Å². The molecule has 1 aliphatic rings. The largest absolute Gasteiger partial charge is 0.417 e. The first-order valence-electron chi connectivity index (χ1n) is 10.2. The number of hydrogen-bond donors (Lipinski definition) is 3. The fraction of sp³-hybridized carbons (Fsp3) is 0.476. The van der Waals surface area contributed by atoms with E-state index in [1.54, 1.807) is 6.07 Å². The van der Waals surface area contributed by atoms with Gasteiger partial charge in [0.2, 0.25) is 5.95 Å². The summed E-state index contributed by atoms with van der Waals surface area (Å²) in [7, 11) is 0. The highest BCUT2D eigenvalue weighted by molar-refractivity contribution is 5.78. The van der Waals surface area contributed by atoms with E-state index in [1.807, 2.05) is 25.3 Å². The SMILES string of the molecule is Cc1cnc(NC2CCCCCCCC2)nc1Nc1ccc2oc(=O)[nH]c2c1. The molecule has 0 amide bonds. The van der Waals surface area contributed by atoms with E-state index in [1.165, 1.54) is 51.4 Å². The Hall–Kier alpha value is -2.83. The fourth-order valence-corrected chi connectivity index (χ4v) is 3.76. The molecule has 0 spiro atoms. The van der Waals surface area contributed by atoms with E-state index < -0.39 is 5.76 Å². The molecule has 7 nitrogen and oxygen atoms in total. The number of H-pyrrole nitrogens is 1. The molecule has 0 radical (unpaired) electrons. The van der Waals surface area contributed by atoms with Crippen molar-refractivity contribution in [3.63, 3.8) is 0 Å². The van der Waals surface area contributed by atoms with Crippen LogP contribution in [0.2, 0.25) is 0 Å². The minimum atomic E-state index is -0.452. The highest BCUT2D eigenvalue weighted by Gasteiger charge is 2.13. The Labute approximate surface area is 164 Å². The third kappa shape index (κ3) is 4.52. The molecular formula is C21H27N5O2. The predicted octanol–water partition coefficient (Wildman–Crippen LogP) is 4.88. The first-order valence-corrected chi connectivity index (χ1v) is 10.2. The molecule has 3 N–H and O–H groups in total. The Morgan fingerprint density at radius 1 is 1.11 bits per heavy atom. The van der Waals surface area contributed by atoms with Gasteiger partial charge in [-0.15, -0.1) is 0 Å². The first kappa shape index (κ1) is 18.5. The molecule has 1 aromatic carbocycles. The summed E-state index contributed by atoms with van der Waals surface area (Å²) in [4.78, 5) is 23.2. The van der Waals surface area contributed by atoms with Crippen LogP contribution in [0.4, 0.5) is 17.5 Å². The van der Waals surface area contributed by atoms with Crippen LogP contribution in [-0.2, 0) is 0 Å². The maximum Gasteiger partial charge on any atom is 0.417 e. The minimum Gasteiger partial charge on any atom is -0.408 e. The van der Waals surface area contributed by atoms with Gasteiger partial charge in [0.15, 0.2) is 5.58 Å². The van der Waals surface area contributed by atoms with Crippen molar-refractivity contribution in [2.45, 2.75) is 64.3 Å². The van der Waals surface area contributed by atoms with Gasteiger partial charge in [-0.3, -0.25) is 4.98 Å². The third-order valence-electron chi connectivity index (χ3n) is 5.34. The molecule has 4 rings (SSSR count). The second kappa shape index (κ2) is 8.46. The average molecular weight is 381 g/mol. The van der Waals surface area contributed by atoms with Gasteiger partial charge in [0.1, 0.15) is 5.82 Å². The standard InChI is InChI=1S/C21H27N5O2/c1-14-13-22-20(24-15-8-6-4-2-3-5-7-9-15)26-19(14)23-16-10-11-18-17(12-16)25-21(27)28-18/h10-13,15H,2-9H2,1H3,(H,25,27)(H2,22,23,24,26). The topological polar surface area (TPSA) is 95.8 Å². The van der Waals surface area contributed by atoms with E-state index in [-0.39, 0.29) is 0 Å². The van der Waals surface area contributed by atoms with Crippen molar-refractivity contribution in [3.8, 4) is 0 Å². The Morgan fingerprint density at radius 2 is 1.86 bits per heavy atom. The number of aromatic nitrogens is 3. The van der Waals surface area contributed by atoms with Gasteiger partial charge in [-0.2, -0.15) is 4.98 Å². The lowest BCUT2D eigenvalue weighted by molar-refractivity contribution is 0.555. The van der Waals surface area contributed by atoms with Gasteiger partial charge in [-0.25, -0.2) is 9.78 Å². The number of fused-ring (bicyclic) bond motifs is 1. The molecule has 0 bridgehead atoms. The number of nitrogens with one attached hydrogen (secondary N) is 3. The quantitative estimate of drug-likeness (QED) is 0.596. The zero-order valence-electron chi connectivity index (χ0n) is 16.3. The summed E-state index contributed by atoms with van der Waals surface area (Å²) in [6.45, 7) is 1.98. The van der Waals surface area contributed by atoms with Gasteiger partial charge in [0.05, 0.1) is 5.52 Å². The summed E-state index contributed by atoms with van der Waals surface area (Å²) in [5.41, 5.74) is 2.99. The smallest absolute Gasteiger partial charge is 0.408 e. The molecule has 2 aromatic heterocycles. The van der Waals surface area contributed by atoms with E-state index in [9.17, 15) is 4.79 Å².